The predicted octanol–water partition coefficient (Wildman–Crippen LogP) is 11.3. The number of benzene rings is 5. The average Bonchev–Trinajstić information content (AvgIpc) is 3.74. The Morgan fingerprint density at radius 1 is 0.679 bits per heavy atom. The van der Waals surface area contributed by atoms with Gasteiger partial charge in [0.25, 0.3) is 0 Å². The molecule has 4 heterocycles. The van der Waals surface area contributed by atoms with Gasteiger partial charge in [0, 0.05) is 53.9 Å². The number of furan rings is 1. The zero-order chi connectivity index (χ0) is 36.0. The maximum absolute atomic E-state index is 6.62. The number of nitrogens with zero attached hydrogens (tertiary/aromatic N) is 4. The summed E-state index contributed by atoms with van der Waals surface area (Å²) in [5, 5.41) is 5.81. The van der Waals surface area contributed by atoms with E-state index in [1.807, 2.05) is 48.8 Å². The van der Waals surface area contributed by atoms with Gasteiger partial charge < -0.3 is 14.0 Å². The van der Waals surface area contributed by atoms with Crippen LogP contribution in [0, 0.1) is 12.1 Å². The van der Waals surface area contributed by atoms with Crippen LogP contribution < -0.4 is 5.19 Å². The zero-order valence-corrected chi connectivity index (χ0v) is 34.1. The monoisotopic (exact) mass is 885 g/mol. The van der Waals surface area contributed by atoms with Gasteiger partial charge in [0.15, 0.2) is 0 Å². The van der Waals surface area contributed by atoms with Crippen molar-refractivity contribution in [2.75, 3.05) is 0 Å². The molecule has 9 rings (SSSR count). The van der Waals surface area contributed by atoms with E-state index in [9.17, 15) is 0 Å². The van der Waals surface area contributed by atoms with Crippen molar-refractivity contribution in [1.29, 1.82) is 0 Å². The fraction of sp³-hybridized carbons (Fsp3) is 0.152. The van der Waals surface area contributed by atoms with Crippen molar-refractivity contribution in [3.05, 3.63) is 152 Å². The molecule has 0 saturated heterocycles. The van der Waals surface area contributed by atoms with Gasteiger partial charge in [0.1, 0.15) is 5.58 Å². The maximum atomic E-state index is 6.62. The van der Waals surface area contributed by atoms with Gasteiger partial charge in [-0.25, -0.2) is 0 Å². The molecule has 7 heteroatoms. The molecule has 0 fully saturated rings. The van der Waals surface area contributed by atoms with E-state index in [1.165, 1.54) is 5.19 Å². The second-order valence-corrected chi connectivity index (χ2v) is 20.3. The molecule has 0 aliphatic heterocycles. The Labute approximate surface area is 325 Å². The van der Waals surface area contributed by atoms with E-state index in [0.29, 0.717) is 0 Å². The summed E-state index contributed by atoms with van der Waals surface area (Å²) in [5.41, 5.74) is 8.42. The molecule has 0 saturated carbocycles. The molecule has 53 heavy (non-hydrogen) atoms. The number of aromatic nitrogens is 4. The maximum Gasteiger partial charge on any atom is 0.128 e. The van der Waals surface area contributed by atoms with Crippen LogP contribution in [0.3, 0.4) is 0 Å². The fourth-order valence-corrected chi connectivity index (χ4v) is 7.62. The molecule has 4 aromatic heterocycles. The third-order valence-electron chi connectivity index (χ3n) is 9.49. The molecule has 0 N–H and O–H groups in total. The van der Waals surface area contributed by atoms with Crippen molar-refractivity contribution in [3.63, 3.8) is 0 Å². The van der Waals surface area contributed by atoms with Crippen LogP contribution in [0.25, 0.3) is 72.1 Å². The molecule has 0 aliphatic carbocycles. The van der Waals surface area contributed by atoms with Crippen LogP contribution in [-0.2, 0) is 25.5 Å². The molecular formula is C46H40IrN4OSi-2. The molecule has 0 spiro atoms. The molecule has 1 radical (unpaired) electrons. The van der Waals surface area contributed by atoms with Crippen LogP contribution in [0.5, 0.6) is 0 Å². The first kappa shape index (κ1) is 36.2. The first-order valence-corrected chi connectivity index (χ1v) is 21.2. The Bertz CT molecular complexity index is 2690. The van der Waals surface area contributed by atoms with Gasteiger partial charge in [-0.3, -0.25) is 9.97 Å². The Balaban J connectivity index is 0.000000216. The SMILES string of the molecule is CC(C)(C)c1cc2c(cn1)nc(-c1[c-]ccc3c1oc1c4ccccc4ccc31)n2-c1ccccc1.C[Si](C)(C)c1ccc(-c2[c-]cccc2)nc1.[Ir]. The molecule has 0 bridgehead atoms. The summed E-state index contributed by atoms with van der Waals surface area (Å²) in [6.07, 6.45) is 3.90. The standard InChI is InChI=1S/C32H24N3O.C14H16NSi.Ir/c1-32(2,3)28-18-27-26(19-33-28)34-31(35(27)21-11-5-4-6-12-21)25-15-9-14-23-24-17-16-20-10-7-8-13-22(20)29(24)36-30(23)25;1-16(2,3)13-9-10-14(15-11-13)12-7-5-4-6-8-12;/h4-14,16-19H,1-3H3;4-7,9-11H,1-3H3;/q2*-1;. The van der Waals surface area contributed by atoms with Crippen LogP contribution in [0.15, 0.2) is 138 Å². The summed E-state index contributed by atoms with van der Waals surface area (Å²) in [7, 11) is -1.23. The van der Waals surface area contributed by atoms with Gasteiger partial charge in [-0.05, 0) is 34.5 Å². The van der Waals surface area contributed by atoms with Crippen LogP contribution in [0.4, 0.5) is 0 Å². The number of hydrogen-bond acceptors (Lipinski definition) is 4. The summed E-state index contributed by atoms with van der Waals surface area (Å²) in [6.45, 7) is 13.5. The minimum atomic E-state index is -1.23. The number of hydrogen-bond donors (Lipinski definition) is 0. The molecule has 0 aliphatic rings. The largest absolute Gasteiger partial charge is 0.500 e. The smallest absolute Gasteiger partial charge is 0.128 e. The predicted molar refractivity (Wildman–Crippen MR) is 218 cm³/mol. The Morgan fingerprint density at radius 2 is 1.43 bits per heavy atom. The van der Waals surface area contributed by atoms with Crippen LogP contribution >= 0.6 is 0 Å². The first-order chi connectivity index (χ1) is 25.1. The van der Waals surface area contributed by atoms with Gasteiger partial charge in [0.2, 0.25) is 0 Å². The topological polar surface area (TPSA) is 56.7 Å². The van der Waals surface area contributed by atoms with E-state index in [1.54, 1.807) is 0 Å². The Morgan fingerprint density at radius 3 is 2.15 bits per heavy atom. The Hall–Kier alpha value is -5.20. The summed E-state index contributed by atoms with van der Waals surface area (Å²) < 4.78 is 8.81. The van der Waals surface area contributed by atoms with Gasteiger partial charge in [-0.2, -0.15) is 0 Å². The zero-order valence-electron chi connectivity index (χ0n) is 30.7. The Kier molecular flexibility index (Phi) is 9.77. The molecule has 265 valence electrons. The van der Waals surface area contributed by atoms with Crippen molar-refractivity contribution in [2.24, 2.45) is 0 Å². The number of rotatable bonds is 4. The molecule has 5 aromatic carbocycles. The van der Waals surface area contributed by atoms with E-state index < -0.39 is 8.07 Å². The van der Waals surface area contributed by atoms with Crippen LogP contribution in [0.2, 0.25) is 19.6 Å². The van der Waals surface area contributed by atoms with E-state index in [4.69, 9.17) is 14.4 Å². The van der Waals surface area contributed by atoms with Crippen molar-refractivity contribution in [1.82, 2.24) is 19.5 Å². The van der Waals surface area contributed by atoms with E-state index in [0.717, 1.165) is 77.8 Å². The molecule has 0 unspecified atom stereocenters. The summed E-state index contributed by atoms with van der Waals surface area (Å²) in [5.74, 6) is 0.790. The normalized spacial score (nSPS) is 11.8. The fourth-order valence-electron chi connectivity index (χ4n) is 6.58. The average molecular weight is 885 g/mol. The summed E-state index contributed by atoms with van der Waals surface area (Å²) in [4.78, 5) is 14.3. The number of para-hydroxylation sites is 1. The van der Waals surface area contributed by atoms with Crippen molar-refractivity contribution in [3.8, 4) is 28.3 Å². The van der Waals surface area contributed by atoms with Gasteiger partial charge in [0.05, 0.1) is 36.7 Å². The van der Waals surface area contributed by atoms with Crippen LogP contribution in [0.1, 0.15) is 26.5 Å². The third-order valence-corrected chi connectivity index (χ3v) is 11.5. The second kappa shape index (κ2) is 14.3. The molecule has 9 aromatic rings. The minimum Gasteiger partial charge on any atom is -0.500 e. The van der Waals surface area contributed by atoms with E-state index >= 15 is 0 Å². The number of imidazole rings is 1. The van der Waals surface area contributed by atoms with Gasteiger partial charge in [-0.15, -0.1) is 54.1 Å². The molecule has 0 amide bonds. The molecular weight excluding hydrogens is 845 g/mol. The van der Waals surface area contributed by atoms with Crippen LogP contribution in [-0.4, -0.2) is 27.6 Å². The second-order valence-electron chi connectivity index (χ2n) is 15.2. The quantitative estimate of drug-likeness (QED) is 0.131. The van der Waals surface area contributed by atoms with Gasteiger partial charge >= 0.3 is 0 Å². The van der Waals surface area contributed by atoms with E-state index in [2.05, 4.69) is 147 Å². The third kappa shape index (κ3) is 7.00. The molecule has 0 atom stereocenters. The van der Waals surface area contributed by atoms with Crippen molar-refractivity contribution >= 4 is 57.0 Å². The van der Waals surface area contributed by atoms with Gasteiger partial charge in [-0.1, -0.05) is 118 Å². The van der Waals surface area contributed by atoms with Crippen molar-refractivity contribution < 1.29 is 24.5 Å². The number of pyridine rings is 2. The molecule has 5 nitrogen and oxygen atoms in total. The minimum absolute atomic E-state index is 0. The van der Waals surface area contributed by atoms with E-state index in [-0.39, 0.29) is 25.5 Å². The van der Waals surface area contributed by atoms with Crippen molar-refractivity contribution in [2.45, 2.75) is 45.8 Å². The summed E-state index contributed by atoms with van der Waals surface area (Å²) >= 11 is 0. The number of fused-ring (bicyclic) bond motifs is 6. The summed E-state index contributed by atoms with van der Waals surface area (Å²) in [6, 6.07) is 48.1. The first-order valence-electron chi connectivity index (χ1n) is 17.7.